The number of aromatic amines is 1. The lowest BCUT2D eigenvalue weighted by Crippen LogP contribution is -2.53. The van der Waals surface area contributed by atoms with E-state index >= 15 is 0 Å². The number of piperidine rings is 1. The zero-order valence-corrected chi connectivity index (χ0v) is 19.4. The molecule has 2 aliphatic rings. The van der Waals surface area contributed by atoms with E-state index in [-0.39, 0.29) is 23.3 Å². The lowest BCUT2D eigenvalue weighted by molar-refractivity contribution is -0.137. The van der Waals surface area contributed by atoms with Gasteiger partial charge in [0, 0.05) is 50.0 Å². The fourth-order valence-electron chi connectivity index (χ4n) is 4.51. The van der Waals surface area contributed by atoms with Gasteiger partial charge in [-0.2, -0.15) is 9.40 Å². The lowest BCUT2D eigenvalue weighted by Gasteiger charge is -2.39. The van der Waals surface area contributed by atoms with Gasteiger partial charge in [-0.05, 0) is 51.0 Å². The van der Waals surface area contributed by atoms with Gasteiger partial charge in [-0.25, -0.2) is 8.42 Å². The molecule has 2 aromatic rings. The van der Waals surface area contributed by atoms with Crippen LogP contribution in [0, 0.1) is 19.8 Å². The zero-order chi connectivity index (χ0) is 22.2. The third-order valence-electron chi connectivity index (χ3n) is 6.17. The van der Waals surface area contributed by atoms with Gasteiger partial charge in [-0.15, -0.1) is 0 Å². The Labute approximate surface area is 188 Å². The Morgan fingerprint density at radius 3 is 2.39 bits per heavy atom. The summed E-state index contributed by atoms with van der Waals surface area (Å²) in [6.45, 7) is 6.80. The van der Waals surface area contributed by atoms with Gasteiger partial charge >= 0.3 is 0 Å². The molecule has 1 aromatic heterocycles. The molecule has 2 fully saturated rings. The van der Waals surface area contributed by atoms with Gasteiger partial charge < -0.3 is 9.80 Å². The minimum atomic E-state index is -3.68. The van der Waals surface area contributed by atoms with Gasteiger partial charge in [0.1, 0.15) is 4.90 Å². The van der Waals surface area contributed by atoms with Crippen molar-refractivity contribution < 1.29 is 13.2 Å². The largest absolute Gasteiger partial charge is 0.368 e. The maximum absolute atomic E-state index is 13.2. The maximum atomic E-state index is 13.2. The number of carbonyl (C=O) groups is 1. The van der Waals surface area contributed by atoms with E-state index in [0.29, 0.717) is 48.9 Å². The van der Waals surface area contributed by atoms with Gasteiger partial charge in [-0.3, -0.25) is 9.89 Å². The molecule has 10 heteroatoms. The van der Waals surface area contributed by atoms with Crippen molar-refractivity contribution in [1.82, 2.24) is 19.4 Å². The first-order valence-corrected chi connectivity index (χ1v) is 12.4. The number of benzene rings is 1. The van der Waals surface area contributed by atoms with Crippen LogP contribution in [0.1, 0.15) is 24.2 Å². The summed E-state index contributed by atoms with van der Waals surface area (Å²) in [5.41, 5.74) is 2.09. The standard InChI is InChI=1S/C21H28ClN5O3S/c1-15-20(16(2)24-23-15)31(29,30)27-9-3-4-17(14-27)21(28)26-12-10-25(11-13-26)19-7-5-18(22)6-8-19/h5-8,17H,3-4,9-14H2,1-2H3,(H,23,24)/t17-/m0/s1. The Balaban J connectivity index is 1.40. The molecule has 1 amide bonds. The van der Waals surface area contributed by atoms with Gasteiger partial charge in [0.15, 0.2) is 0 Å². The highest BCUT2D eigenvalue weighted by Gasteiger charge is 2.37. The number of nitrogens with zero attached hydrogens (tertiary/aromatic N) is 4. The second kappa shape index (κ2) is 8.80. The molecule has 31 heavy (non-hydrogen) atoms. The van der Waals surface area contributed by atoms with Gasteiger partial charge in [0.2, 0.25) is 15.9 Å². The van der Waals surface area contributed by atoms with Gasteiger partial charge in [0.05, 0.1) is 17.3 Å². The fraction of sp³-hybridized carbons (Fsp3) is 0.524. The molecule has 0 spiro atoms. The molecular formula is C21H28ClN5O3S. The summed E-state index contributed by atoms with van der Waals surface area (Å²) in [7, 11) is -3.68. The minimum absolute atomic E-state index is 0.0521. The number of amides is 1. The molecule has 8 nitrogen and oxygen atoms in total. The Hall–Kier alpha value is -2.10. The molecule has 0 unspecified atom stereocenters. The first-order chi connectivity index (χ1) is 14.8. The van der Waals surface area contributed by atoms with E-state index in [1.165, 1.54) is 4.31 Å². The van der Waals surface area contributed by atoms with Crippen LogP contribution >= 0.6 is 11.6 Å². The minimum Gasteiger partial charge on any atom is -0.368 e. The Morgan fingerprint density at radius 2 is 1.77 bits per heavy atom. The van der Waals surface area contributed by atoms with Crippen LogP contribution in [0.5, 0.6) is 0 Å². The fourth-order valence-corrected chi connectivity index (χ4v) is 6.49. The first-order valence-electron chi connectivity index (χ1n) is 10.6. The van der Waals surface area contributed by atoms with Crippen LogP contribution in [-0.2, 0) is 14.8 Å². The summed E-state index contributed by atoms with van der Waals surface area (Å²) >= 11 is 5.97. The molecule has 2 saturated heterocycles. The highest BCUT2D eigenvalue weighted by Crippen LogP contribution is 2.28. The number of aryl methyl sites for hydroxylation is 2. The number of carbonyl (C=O) groups excluding carboxylic acids is 1. The number of H-pyrrole nitrogens is 1. The molecule has 4 rings (SSSR count). The molecule has 1 aromatic carbocycles. The maximum Gasteiger partial charge on any atom is 0.246 e. The molecule has 1 atom stereocenters. The molecule has 1 N–H and O–H groups in total. The quantitative estimate of drug-likeness (QED) is 0.749. The van der Waals surface area contributed by atoms with Crippen molar-refractivity contribution in [3.8, 4) is 0 Å². The highest BCUT2D eigenvalue weighted by molar-refractivity contribution is 7.89. The monoisotopic (exact) mass is 465 g/mol. The summed E-state index contributed by atoms with van der Waals surface area (Å²) in [5.74, 6) is -0.255. The molecule has 0 saturated carbocycles. The second-order valence-corrected chi connectivity index (χ2v) is 10.6. The van der Waals surface area contributed by atoms with E-state index in [4.69, 9.17) is 11.6 Å². The Kier molecular flexibility index (Phi) is 6.27. The van der Waals surface area contributed by atoms with Gasteiger partial charge in [-0.1, -0.05) is 11.6 Å². The normalized spacial score (nSPS) is 20.8. The Bertz CT molecular complexity index is 1030. The number of hydrogen-bond donors (Lipinski definition) is 1. The summed E-state index contributed by atoms with van der Waals surface area (Å²) in [6.07, 6.45) is 1.39. The number of piperazine rings is 1. The van der Waals surface area contributed by atoms with Crippen molar-refractivity contribution in [1.29, 1.82) is 0 Å². The molecular weight excluding hydrogens is 438 g/mol. The summed E-state index contributed by atoms with van der Waals surface area (Å²) in [5, 5.41) is 7.47. The van der Waals surface area contributed by atoms with Crippen LogP contribution in [0.4, 0.5) is 5.69 Å². The third kappa shape index (κ3) is 4.44. The van der Waals surface area contributed by atoms with Crippen molar-refractivity contribution in [3.05, 3.63) is 40.7 Å². The van der Waals surface area contributed by atoms with Crippen LogP contribution in [0.25, 0.3) is 0 Å². The Morgan fingerprint density at radius 1 is 1.10 bits per heavy atom. The number of anilines is 1. The van der Waals surface area contributed by atoms with Crippen molar-refractivity contribution in [3.63, 3.8) is 0 Å². The predicted octanol–water partition coefficient (Wildman–Crippen LogP) is 2.43. The average Bonchev–Trinajstić information content (AvgIpc) is 3.12. The van der Waals surface area contributed by atoms with E-state index in [1.807, 2.05) is 29.2 Å². The molecule has 0 aliphatic carbocycles. The lowest BCUT2D eigenvalue weighted by atomic mass is 9.97. The van der Waals surface area contributed by atoms with E-state index in [0.717, 1.165) is 18.8 Å². The van der Waals surface area contributed by atoms with Gasteiger partial charge in [0.25, 0.3) is 0 Å². The summed E-state index contributed by atoms with van der Waals surface area (Å²) < 4.78 is 27.8. The number of hydrogen-bond acceptors (Lipinski definition) is 5. The SMILES string of the molecule is Cc1n[nH]c(C)c1S(=O)(=O)N1CCC[C@H](C(=O)N2CCN(c3ccc(Cl)cc3)CC2)C1. The molecule has 3 heterocycles. The third-order valence-corrected chi connectivity index (χ3v) is 8.56. The van der Waals surface area contributed by atoms with Crippen LogP contribution in [0.2, 0.25) is 5.02 Å². The van der Waals surface area contributed by atoms with Crippen molar-refractivity contribution >= 4 is 33.2 Å². The van der Waals surface area contributed by atoms with Crippen molar-refractivity contribution in [2.24, 2.45) is 5.92 Å². The smallest absolute Gasteiger partial charge is 0.246 e. The summed E-state index contributed by atoms with van der Waals surface area (Å²) in [4.78, 5) is 17.5. The number of sulfonamides is 1. The average molecular weight is 466 g/mol. The number of halogens is 1. The number of rotatable bonds is 4. The highest BCUT2D eigenvalue weighted by atomic mass is 35.5. The molecule has 168 valence electrons. The predicted molar refractivity (Wildman–Crippen MR) is 120 cm³/mol. The van der Waals surface area contributed by atoms with Crippen LogP contribution in [0.15, 0.2) is 29.2 Å². The second-order valence-electron chi connectivity index (χ2n) is 8.25. The number of aromatic nitrogens is 2. The van der Waals surface area contributed by atoms with Crippen LogP contribution < -0.4 is 4.90 Å². The summed E-state index contributed by atoms with van der Waals surface area (Å²) in [6, 6.07) is 7.72. The van der Waals surface area contributed by atoms with E-state index in [2.05, 4.69) is 15.1 Å². The van der Waals surface area contributed by atoms with Crippen LogP contribution in [0.3, 0.4) is 0 Å². The topological polar surface area (TPSA) is 89.6 Å². The van der Waals surface area contributed by atoms with Crippen molar-refractivity contribution in [2.45, 2.75) is 31.6 Å². The van der Waals surface area contributed by atoms with Crippen molar-refractivity contribution in [2.75, 3.05) is 44.2 Å². The number of nitrogens with one attached hydrogen (secondary N) is 1. The van der Waals surface area contributed by atoms with E-state index < -0.39 is 10.0 Å². The first kappa shape index (κ1) is 22.1. The van der Waals surface area contributed by atoms with Crippen LogP contribution in [-0.4, -0.2) is 73.0 Å². The molecule has 0 bridgehead atoms. The zero-order valence-electron chi connectivity index (χ0n) is 17.8. The van der Waals surface area contributed by atoms with E-state index in [9.17, 15) is 13.2 Å². The molecule has 2 aliphatic heterocycles. The molecule has 0 radical (unpaired) electrons. The van der Waals surface area contributed by atoms with E-state index in [1.54, 1.807) is 13.8 Å².